The SMILES string of the molecule is CC1(C)[C@H]2C[C@@]1(C)C(C(=O)Cl)=C2C(=O)Cl. The Morgan fingerprint density at radius 3 is 2.00 bits per heavy atom. The molecule has 0 aromatic rings. The number of hydrogen-bond acceptors (Lipinski definition) is 2. The third-order valence-electron chi connectivity index (χ3n) is 4.48. The van der Waals surface area contributed by atoms with Gasteiger partial charge >= 0.3 is 0 Å². The first-order chi connectivity index (χ1) is 6.73. The molecule has 3 rings (SSSR count). The molecule has 2 nitrogen and oxygen atoms in total. The van der Waals surface area contributed by atoms with E-state index >= 15 is 0 Å². The Kier molecular flexibility index (Phi) is 2.13. The molecule has 0 aliphatic heterocycles. The maximum Gasteiger partial charge on any atom is 0.249 e. The summed E-state index contributed by atoms with van der Waals surface area (Å²) in [5.74, 6) is 0.0881. The van der Waals surface area contributed by atoms with E-state index in [2.05, 4.69) is 0 Å². The van der Waals surface area contributed by atoms with Gasteiger partial charge in [0.1, 0.15) is 0 Å². The average molecular weight is 247 g/mol. The topological polar surface area (TPSA) is 34.1 Å². The van der Waals surface area contributed by atoms with Crippen LogP contribution in [0.3, 0.4) is 0 Å². The van der Waals surface area contributed by atoms with Crippen LogP contribution in [0.15, 0.2) is 11.1 Å². The highest BCUT2D eigenvalue weighted by atomic mass is 35.5. The first-order valence-electron chi connectivity index (χ1n) is 4.88. The summed E-state index contributed by atoms with van der Waals surface area (Å²) in [5, 5.41) is -1.06. The highest BCUT2D eigenvalue weighted by molar-refractivity contribution is 6.71. The highest BCUT2D eigenvalue weighted by Crippen LogP contribution is 2.73. The van der Waals surface area contributed by atoms with Crippen molar-refractivity contribution in [2.45, 2.75) is 27.2 Å². The standard InChI is InChI=1S/C11H12Cl2O2/c1-10(2)5-4-11(10,3)7(9(13)15)6(5)8(12)14/h5H,4H2,1-3H3/t5-,11-/m0/s1. The molecule has 0 amide bonds. The average Bonchev–Trinajstić information content (AvgIpc) is 2.49. The Morgan fingerprint density at radius 1 is 1.20 bits per heavy atom. The number of carbonyl (C=O) groups excluding carboxylic acids is 2. The molecular formula is C11H12Cl2O2. The number of halogens is 2. The first-order valence-corrected chi connectivity index (χ1v) is 5.63. The third kappa shape index (κ3) is 1.07. The lowest BCUT2D eigenvalue weighted by atomic mass is 9.49. The summed E-state index contributed by atoms with van der Waals surface area (Å²) in [6.45, 7) is 6.08. The van der Waals surface area contributed by atoms with Gasteiger partial charge in [-0.3, -0.25) is 9.59 Å². The van der Waals surface area contributed by atoms with Gasteiger partial charge in [-0.25, -0.2) is 0 Å². The van der Waals surface area contributed by atoms with E-state index in [1.54, 1.807) is 0 Å². The van der Waals surface area contributed by atoms with Gasteiger partial charge in [-0.2, -0.15) is 0 Å². The van der Waals surface area contributed by atoms with Crippen LogP contribution in [-0.4, -0.2) is 10.5 Å². The molecule has 1 saturated carbocycles. The molecule has 0 heterocycles. The third-order valence-corrected chi connectivity index (χ3v) is 4.88. The van der Waals surface area contributed by atoms with Crippen molar-refractivity contribution >= 4 is 33.7 Å². The van der Waals surface area contributed by atoms with Crippen molar-refractivity contribution in [2.24, 2.45) is 16.7 Å². The molecule has 2 bridgehead atoms. The van der Waals surface area contributed by atoms with E-state index in [1.807, 2.05) is 20.8 Å². The predicted molar refractivity (Wildman–Crippen MR) is 58.7 cm³/mol. The second kappa shape index (κ2) is 2.86. The highest BCUT2D eigenvalue weighted by Gasteiger charge is 2.68. The van der Waals surface area contributed by atoms with E-state index in [1.165, 1.54) is 0 Å². The van der Waals surface area contributed by atoms with E-state index in [9.17, 15) is 9.59 Å². The fourth-order valence-corrected chi connectivity index (χ4v) is 3.63. The largest absolute Gasteiger partial charge is 0.276 e. The Balaban J connectivity index is 2.60. The van der Waals surface area contributed by atoms with Crippen LogP contribution in [0.5, 0.6) is 0 Å². The molecule has 0 N–H and O–H groups in total. The lowest BCUT2D eigenvalue weighted by Gasteiger charge is -2.54. The Labute approximate surface area is 98.6 Å². The van der Waals surface area contributed by atoms with Crippen molar-refractivity contribution < 1.29 is 9.59 Å². The van der Waals surface area contributed by atoms with Crippen molar-refractivity contribution in [1.29, 1.82) is 0 Å². The van der Waals surface area contributed by atoms with Crippen LogP contribution in [0.2, 0.25) is 0 Å². The number of rotatable bonds is 2. The molecule has 0 unspecified atom stereocenters. The van der Waals surface area contributed by atoms with Gasteiger partial charge in [0, 0.05) is 16.6 Å². The zero-order valence-corrected chi connectivity index (χ0v) is 10.4. The zero-order chi connectivity index (χ0) is 11.6. The molecule has 82 valence electrons. The van der Waals surface area contributed by atoms with Crippen LogP contribution >= 0.6 is 23.2 Å². The predicted octanol–water partition coefficient (Wildman–Crippen LogP) is 2.88. The molecule has 0 radical (unpaired) electrons. The van der Waals surface area contributed by atoms with Crippen LogP contribution in [0.4, 0.5) is 0 Å². The van der Waals surface area contributed by atoms with E-state index < -0.39 is 10.5 Å². The lowest BCUT2D eigenvalue weighted by molar-refractivity contribution is -0.112. The molecule has 3 aliphatic rings. The van der Waals surface area contributed by atoms with Crippen LogP contribution in [0.1, 0.15) is 27.2 Å². The van der Waals surface area contributed by atoms with Crippen molar-refractivity contribution in [3.05, 3.63) is 11.1 Å². The minimum Gasteiger partial charge on any atom is -0.276 e. The van der Waals surface area contributed by atoms with Crippen LogP contribution in [-0.2, 0) is 9.59 Å². The minimum absolute atomic E-state index is 0.0881. The number of carbonyl (C=O) groups is 2. The van der Waals surface area contributed by atoms with Gasteiger partial charge in [-0.05, 0) is 41.0 Å². The Bertz CT molecular complexity index is 409. The Morgan fingerprint density at radius 2 is 1.73 bits per heavy atom. The van der Waals surface area contributed by atoms with Gasteiger partial charge in [-0.1, -0.05) is 20.8 Å². The molecule has 0 spiro atoms. The fourth-order valence-electron chi connectivity index (χ4n) is 3.10. The Hall–Kier alpha value is -0.340. The molecule has 0 aromatic carbocycles. The summed E-state index contributed by atoms with van der Waals surface area (Å²) in [7, 11) is 0. The van der Waals surface area contributed by atoms with Crippen LogP contribution < -0.4 is 0 Å². The van der Waals surface area contributed by atoms with Crippen molar-refractivity contribution in [1.82, 2.24) is 0 Å². The molecule has 0 aromatic heterocycles. The molecule has 1 fully saturated rings. The van der Waals surface area contributed by atoms with Gasteiger partial charge in [0.25, 0.3) is 0 Å². The number of hydrogen-bond donors (Lipinski definition) is 0. The summed E-state index contributed by atoms with van der Waals surface area (Å²) in [4.78, 5) is 22.7. The molecule has 2 atom stereocenters. The van der Waals surface area contributed by atoms with Gasteiger partial charge in [0.2, 0.25) is 10.5 Å². The molecule has 15 heavy (non-hydrogen) atoms. The second-order valence-corrected chi connectivity index (χ2v) is 5.83. The first kappa shape index (κ1) is 11.2. The van der Waals surface area contributed by atoms with Gasteiger partial charge in [0.05, 0.1) is 0 Å². The summed E-state index contributed by atoms with van der Waals surface area (Å²) in [6, 6.07) is 0. The van der Waals surface area contributed by atoms with Crippen LogP contribution in [0, 0.1) is 16.7 Å². The number of allylic oxidation sites excluding steroid dienone is 2. The van der Waals surface area contributed by atoms with E-state index in [0.717, 1.165) is 6.42 Å². The smallest absolute Gasteiger partial charge is 0.249 e. The quantitative estimate of drug-likeness (QED) is 0.703. The van der Waals surface area contributed by atoms with Crippen molar-refractivity contribution in [3.8, 4) is 0 Å². The van der Waals surface area contributed by atoms with Crippen LogP contribution in [0.25, 0.3) is 0 Å². The summed E-state index contributed by atoms with van der Waals surface area (Å²) < 4.78 is 0. The van der Waals surface area contributed by atoms with Crippen molar-refractivity contribution in [2.75, 3.05) is 0 Å². The van der Waals surface area contributed by atoms with Gasteiger partial charge in [-0.15, -0.1) is 0 Å². The molecule has 3 aliphatic carbocycles. The summed E-state index contributed by atoms with van der Waals surface area (Å²) in [6.07, 6.45) is 0.807. The zero-order valence-electron chi connectivity index (χ0n) is 8.86. The molecule has 4 heteroatoms. The minimum atomic E-state index is -0.533. The van der Waals surface area contributed by atoms with Gasteiger partial charge < -0.3 is 0 Å². The maximum absolute atomic E-state index is 11.4. The van der Waals surface area contributed by atoms with E-state index in [4.69, 9.17) is 23.2 Å². The fraction of sp³-hybridized carbons (Fsp3) is 0.636. The maximum atomic E-state index is 11.4. The lowest BCUT2D eigenvalue weighted by Crippen LogP contribution is -2.49. The van der Waals surface area contributed by atoms with E-state index in [-0.39, 0.29) is 16.7 Å². The monoisotopic (exact) mass is 246 g/mol. The van der Waals surface area contributed by atoms with E-state index in [0.29, 0.717) is 11.1 Å². The van der Waals surface area contributed by atoms with Gasteiger partial charge in [0.15, 0.2) is 0 Å². The summed E-state index contributed by atoms with van der Waals surface area (Å²) >= 11 is 11.1. The molecule has 0 saturated heterocycles. The molecular weight excluding hydrogens is 235 g/mol. The summed E-state index contributed by atoms with van der Waals surface area (Å²) in [5.41, 5.74) is 0.520. The second-order valence-electron chi connectivity index (χ2n) is 5.15. The normalized spacial score (nSPS) is 36.5. The van der Waals surface area contributed by atoms with Crippen molar-refractivity contribution in [3.63, 3.8) is 0 Å².